The largest absolute Gasteiger partial charge is 3.00 e. The topological polar surface area (TPSA) is 23.8 Å². The van der Waals surface area contributed by atoms with Crippen LogP contribution in [0.15, 0.2) is 140 Å². The average Bonchev–Trinajstić information content (AvgIpc) is 3.79. The molecule has 0 aliphatic carbocycles. The van der Waals surface area contributed by atoms with E-state index < -0.39 is 0 Å². The van der Waals surface area contributed by atoms with Gasteiger partial charge in [-0.2, -0.15) is 12.1 Å². The Labute approximate surface area is 270 Å². The Morgan fingerprint density at radius 3 is 2.20 bits per heavy atom. The molecule has 44 heavy (non-hydrogen) atoms. The Kier molecular flexibility index (Phi) is 7.35. The van der Waals surface area contributed by atoms with Gasteiger partial charge < -0.3 is 19.2 Å². The summed E-state index contributed by atoms with van der Waals surface area (Å²) in [5.74, 6) is 0. The second kappa shape index (κ2) is 11.6. The molecule has 5 heteroatoms. The molecule has 5 aromatic carbocycles. The summed E-state index contributed by atoms with van der Waals surface area (Å²) in [5, 5.41) is 5.16. The number of fused-ring (bicyclic) bond motifs is 6. The van der Waals surface area contributed by atoms with Gasteiger partial charge in [0.25, 0.3) is 0 Å². The van der Waals surface area contributed by atoms with Crippen molar-refractivity contribution >= 4 is 49.5 Å². The van der Waals surface area contributed by atoms with Crippen LogP contribution in [-0.4, -0.2) is 9.38 Å². The second-order valence-corrected chi connectivity index (χ2v) is 10.7. The molecule has 4 nitrogen and oxygen atoms in total. The third-order valence-corrected chi connectivity index (χ3v) is 8.04. The zero-order valence-corrected chi connectivity index (χ0v) is 26.4. The summed E-state index contributed by atoms with van der Waals surface area (Å²) >= 11 is 0. The number of hydrogen-bond donors (Lipinski definition) is 0. The first kappa shape index (κ1) is 27.8. The van der Waals surface area contributed by atoms with E-state index in [1.54, 1.807) is 6.20 Å². The van der Waals surface area contributed by atoms with Crippen LogP contribution in [0.1, 0.15) is 5.56 Å². The summed E-state index contributed by atoms with van der Waals surface area (Å²) < 4.78 is 2.39. The van der Waals surface area contributed by atoms with Crippen LogP contribution in [0.3, 0.4) is 0 Å². The number of nitrogens with zero attached hydrogens (tertiary/aromatic N) is 4. The van der Waals surface area contributed by atoms with Crippen LogP contribution < -0.4 is 9.80 Å². The van der Waals surface area contributed by atoms with Crippen molar-refractivity contribution in [1.29, 1.82) is 0 Å². The molecule has 8 aromatic rings. The predicted molar refractivity (Wildman–Crippen MR) is 178 cm³/mol. The molecule has 212 valence electrons. The summed E-state index contributed by atoms with van der Waals surface area (Å²) in [4.78, 5) is 8.49. The average molecular weight is 744 g/mol. The van der Waals surface area contributed by atoms with Gasteiger partial charge in [-0.1, -0.05) is 71.7 Å². The van der Waals surface area contributed by atoms with Gasteiger partial charge in [-0.25, -0.2) is 0 Å². The van der Waals surface area contributed by atoms with Gasteiger partial charge in [0.15, 0.2) is 0 Å². The van der Waals surface area contributed by atoms with E-state index in [0.29, 0.717) is 0 Å². The molecule has 0 bridgehead atoms. The van der Waals surface area contributed by atoms with Crippen molar-refractivity contribution < 1.29 is 20.1 Å². The van der Waals surface area contributed by atoms with Gasteiger partial charge in [0, 0.05) is 33.7 Å². The van der Waals surface area contributed by atoms with Crippen LogP contribution in [0.25, 0.3) is 49.4 Å². The molecule has 0 fully saturated rings. The predicted octanol–water partition coefficient (Wildman–Crippen LogP) is 9.41. The first-order chi connectivity index (χ1) is 21.2. The fraction of sp³-hybridized carbons (Fsp3) is 0.0256. The third kappa shape index (κ3) is 4.81. The molecule has 0 amide bonds. The number of aryl methyl sites for hydroxylation is 1. The van der Waals surface area contributed by atoms with Crippen LogP contribution in [-0.2, 0) is 20.1 Å². The molecule has 0 radical (unpaired) electrons. The zero-order valence-electron chi connectivity index (χ0n) is 24.0. The molecule has 3 aromatic heterocycles. The molecular formula is C39H27IrN4. The molecule has 0 N–H and O–H groups in total. The van der Waals surface area contributed by atoms with Gasteiger partial charge >= 0.3 is 20.1 Å². The summed E-state index contributed by atoms with van der Waals surface area (Å²) in [6.45, 7) is 4.22. The quantitative estimate of drug-likeness (QED) is 0.169. The molecular weight excluding hydrogens is 717 g/mol. The SMILES string of the molecule is Cc1ccc(N2C=CN(c3[c-]cc4c(c3)c3cccc5c6ccccc6n4c35)[CH-]2)cc1.[Ir+3].[c-]1ccccc1-c1ccccn1. The fourth-order valence-electron chi connectivity index (χ4n) is 5.95. The Morgan fingerprint density at radius 2 is 1.41 bits per heavy atom. The summed E-state index contributed by atoms with van der Waals surface area (Å²) in [5.41, 5.74) is 9.22. The number of aromatic nitrogens is 2. The minimum atomic E-state index is 0. The molecule has 0 saturated carbocycles. The molecule has 9 rings (SSSR count). The minimum absolute atomic E-state index is 0. The Balaban J connectivity index is 0.000000203. The zero-order chi connectivity index (χ0) is 28.8. The molecule has 1 aliphatic heterocycles. The van der Waals surface area contributed by atoms with Crippen LogP contribution in [0.2, 0.25) is 0 Å². The number of benzene rings is 5. The first-order valence-electron chi connectivity index (χ1n) is 14.4. The molecule has 0 spiro atoms. The number of rotatable bonds is 3. The molecule has 1 aliphatic rings. The van der Waals surface area contributed by atoms with Crippen LogP contribution in [0, 0.1) is 25.7 Å². The van der Waals surface area contributed by atoms with Gasteiger partial charge in [0.05, 0.1) is 0 Å². The summed E-state index contributed by atoms with van der Waals surface area (Å²) in [6.07, 6.45) is 5.96. The molecule has 0 atom stereocenters. The van der Waals surface area contributed by atoms with E-state index in [2.05, 4.69) is 136 Å². The number of pyridine rings is 1. The Morgan fingerprint density at radius 1 is 0.659 bits per heavy atom. The van der Waals surface area contributed by atoms with E-state index in [-0.39, 0.29) is 20.1 Å². The van der Waals surface area contributed by atoms with Crippen molar-refractivity contribution in [1.82, 2.24) is 9.38 Å². The van der Waals surface area contributed by atoms with Gasteiger partial charge in [-0.05, 0) is 54.7 Å². The van der Waals surface area contributed by atoms with E-state index in [1.165, 1.54) is 43.7 Å². The van der Waals surface area contributed by atoms with Crippen LogP contribution in [0.4, 0.5) is 11.4 Å². The van der Waals surface area contributed by atoms with Crippen molar-refractivity contribution in [2.45, 2.75) is 6.92 Å². The van der Waals surface area contributed by atoms with E-state index in [4.69, 9.17) is 0 Å². The monoisotopic (exact) mass is 744 g/mol. The molecule has 0 saturated heterocycles. The van der Waals surface area contributed by atoms with Crippen LogP contribution >= 0.6 is 0 Å². The molecule has 0 unspecified atom stereocenters. The van der Waals surface area contributed by atoms with E-state index in [9.17, 15) is 0 Å². The Hall–Kier alpha value is -4.96. The fourth-order valence-corrected chi connectivity index (χ4v) is 5.95. The molecule has 4 heterocycles. The van der Waals surface area contributed by atoms with Gasteiger partial charge in [0.1, 0.15) is 0 Å². The third-order valence-electron chi connectivity index (χ3n) is 8.04. The number of para-hydroxylation sites is 2. The minimum Gasteiger partial charge on any atom is -0.500 e. The normalized spacial score (nSPS) is 12.7. The van der Waals surface area contributed by atoms with Crippen molar-refractivity contribution in [3.05, 3.63) is 164 Å². The van der Waals surface area contributed by atoms with E-state index in [1.807, 2.05) is 42.5 Å². The smallest absolute Gasteiger partial charge is 0.500 e. The van der Waals surface area contributed by atoms with Crippen molar-refractivity contribution in [3.8, 4) is 11.3 Å². The standard InChI is InChI=1S/C28H19N3.C11H8N.Ir/c1-19-9-11-20(12-10-19)29-15-16-30(18-29)21-13-14-27-25(17-21)24-7-4-6-23-22-5-2-3-8-26(22)31(27)28(23)24;1-2-6-10(7-3-1)11-8-4-5-9-12-11;/h2-12,14-18H,1H3;1-6,8-9H;/q-2;-1;+3. The van der Waals surface area contributed by atoms with Crippen molar-refractivity contribution in [2.75, 3.05) is 9.80 Å². The van der Waals surface area contributed by atoms with E-state index >= 15 is 0 Å². The summed E-state index contributed by atoms with van der Waals surface area (Å²) in [6, 6.07) is 48.6. The maximum atomic E-state index is 4.22. The number of anilines is 2. The van der Waals surface area contributed by atoms with Crippen molar-refractivity contribution in [3.63, 3.8) is 0 Å². The number of hydrogen-bond acceptors (Lipinski definition) is 3. The Bertz CT molecular complexity index is 2180. The van der Waals surface area contributed by atoms with Crippen molar-refractivity contribution in [2.24, 2.45) is 0 Å². The summed E-state index contributed by atoms with van der Waals surface area (Å²) in [7, 11) is 0. The first-order valence-corrected chi connectivity index (χ1v) is 14.4. The second-order valence-electron chi connectivity index (χ2n) is 10.7. The maximum Gasteiger partial charge on any atom is 3.00 e. The van der Waals surface area contributed by atoms with E-state index in [0.717, 1.165) is 22.6 Å². The van der Waals surface area contributed by atoms with Gasteiger partial charge in [0.2, 0.25) is 0 Å². The maximum absolute atomic E-state index is 4.22. The van der Waals surface area contributed by atoms with Gasteiger partial charge in [-0.3, -0.25) is 0 Å². The van der Waals surface area contributed by atoms with Crippen LogP contribution in [0.5, 0.6) is 0 Å². The van der Waals surface area contributed by atoms with Gasteiger partial charge in [-0.15, -0.1) is 59.7 Å².